The van der Waals surface area contributed by atoms with Gasteiger partial charge in [-0.15, -0.1) is 13.2 Å². The second-order valence-electron chi connectivity index (χ2n) is 5.43. The molecule has 0 aliphatic carbocycles. The van der Waals surface area contributed by atoms with E-state index >= 15 is 0 Å². The van der Waals surface area contributed by atoms with Gasteiger partial charge in [0, 0.05) is 0 Å². The molecule has 0 N–H and O–H groups in total. The molecule has 0 saturated carbocycles. The lowest BCUT2D eigenvalue weighted by atomic mass is 10.1. The van der Waals surface area contributed by atoms with Gasteiger partial charge in [0.2, 0.25) is 0 Å². The Bertz CT molecular complexity index is 947. The summed E-state index contributed by atoms with van der Waals surface area (Å²) in [5.41, 5.74) is -3.05. The van der Waals surface area contributed by atoms with Crippen molar-refractivity contribution in [1.29, 1.82) is 0 Å². The van der Waals surface area contributed by atoms with Crippen molar-refractivity contribution in [3.05, 3.63) is 92.2 Å². The Morgan fingerprint density at radius 3 is 1.62 bits per heavy atom. The highest BCUT2D eigenvalue weighted by Gasteiger charge is 2.30. The van der Waals surface area contributed by atoms with Gasteiger partial charge in [-0.1, -0.05) is 24.3 Å². The lowest BCUT2D eigenvalue weighted by molar-refractivity contribution is -0.137. The largest absolute Gasteiger partial charge is 0.416 e. The molecule has 0 spiro atoms. The first-order valence-corrected chi connectivity index (χ1v) is 7.53. The highest BCUT2D eigenvalue weighted by molar-refractivity contribution is 5.24. The summed E-state index contributed by atoms with van der Waals surface area (Å²) >= 11 is 0. The number of hydrogen-bond donors (Lipinski definition) is 0. The molecule has 0 aliphatic heterocycles. The van der Waals surface area contributed by atoms with Crippen molar-refractivity contribution in [2.24, 2.45) is 0 Å². The van der Waals surface area contributed by atoms with E-state index in [1.807, 2.05) is 0 Å². The second kappa shape index (κ2) is 7.42. The normalized spacial score (nSPS) is 11.3. The van der Waals surface area contributed by atoms with Gasteiger partial charge < -0.3 is 0 Å². The average Bonchev–Trinajstić information content (AvgIpc) is 2.59. The molecule has 2 rings (SSSR count). The maximum atomic E-state index is 12.6. The fraction of sp³-hybridized carbons (Fsp3) is 0.235. The maximum Gasteiger partial charge on any atom is 0.416 e. The minimum absolute atomic E-state index is 0.109. The lowest BCUT2D eigenvalue weighted by Crippen LogP contribution is -2.54. The molecular formula is C17H16F3N3O3. The molecule has 0 atom stereocenters. The van der Waals surface area contributed by atoms with Gasteiger partial charge in [0.25, 0.3) is 0 Å². The van der Waals surface area contributed by atoms with Crippen molar-refractivity contribution >= 4 is 0 Å². The third kappa shape index (κ3) is 3.76. The summed E-state index contributed by atoms with van der Waals surface area (Å²) in [6.45, 7) is 6.43. The van der Waals surface area contributed by atoms with Crippen LogP contribution in [0.5, 0.6) is 0 Å². The van der Waals surface area contributed by atoms with E-state index in [1.54, 1.807) is 0 Å². The van der Waals surface area contributed by atoms with Gasteiger partial charge in [0.15, 0.2) is 0 Å². The van der Waals surface area contributed by atoms with Crippen LogP contribution in [-0.4, -0.2) is 13.7 Å². The minimum Gasteiger partial charge on any atom is -0.247 e. The number of halogens is 3. The first-order valence-electron chi connectivity index (χ1n) is 7.53. The molecule has 1 aromatic heterocycles. The maximum absolute atomic E-state index is 12.6. The summed E-state index contributed by atoms with van der Waals surface area (Å²) in [6, 6.07) is 4.08. The zero-order chi connectivity index (χ0) is 19.5. The van der Waals surface area contributed by atoms with E-state index in [-0.39, 0.29) is 19.6 Å². The molecule has 2 aromatic rings. The summed E-state index contributed by atoms with van der Waals surface area (Å²) in [4.78, 5) is 37.1. The van der Waals surface area contributed by atoms with Gasteiger partial charge in [0.05, 0.1) is 25.2 Å². The number of rotatable bonds is 6. The Balaban J connectivity index is 2.57. The number of benzene rings is 1. The van der Waals surface area contributed by atoms with Crippen molar-refractivity contribution < 1.29 is 13.2 Å². The molecule has 0 radical (unpaired) electrons. The SMILES string of the molecule is C=CCn1c(=O)n(CC=C)c(=O)n(Cc2ccc(C(F)(F)F)cc2)c1=O. The molecule has 138 valence electrons. The van der Waals surface area contributed by atoms with Crippen LogP contribution >= 0.6 is 0 Å². The second-order valence-corrected chi connectivity index (χ2v) is 5.43. The van der Waals surface area contributed by atoms with Gasteiger partial charge in [-0.3, -0.25) is 0 Å². The molecule has 1 aromatic carbocycles. The molecule has 0 fully saturated rings. The summed E-state index contributed by atoms with van der Waals surface area (Å²) in [7, 11) is 0. The molecule has 0 saturated heterocycles. The van der Waals surface area contributed by atoms with Crippen LogP contribution in [0, 0.1) is 0 Å². The van der Waals surface area contributed by atoms with E-state index in [9.17, 15) is 27.6 Å². The zero-order valence-electron chi connectivity index (χ0n) is 13.7. The summed E-state index contributed by atoms with van der Waals surface area (Å²) in [5.74, 6) is 0. The fourth-order valence-electron chi connectivity index (χ4n) is 2.37. The van der Waals surface area contributed by atoms with Crippen molar-refractivity contribution in [3.8, 4) is 0 Å². The third-order valence-corrected chi connectivity index (χ3v) is 3.63. The number of alkyl halides is 3. The van der Waals surface area contributed by atoms with Crippen LogP contribution in [0.2, 0.25) is 0 Å². The van der Waals surface area contributed by atoms with E-state index in [2.05, 4.69) is 13.2 Å². The lowest BCUT2D eigenvalue weighted by Gasteiger charge is -2.13. The Labute approximate surface area is 145 Å². The molecule has 0 bridgehead atoms. The Morgan fingerprint density at radius 1 is 0.808 bits per heavy atom. The van der Waals surface area contributed by atoms with E-state index in [1.165, 1.54) is 24.3 Å². The quantitative estimate of drug-likeness (QED) is 0.729. The molecular weight excluding hydrogens is 351 g/mol. The molecule has 6 nitrogen and oxygen atoms in total. The van der Waals surface area contributed by atoms with Crippen LogP contribution in [0.4, 0.5) is 13.2 Å². The summed E-state index contributed by atoms with van der Waals surface area (Å²) < 4.78 is 40.3. The summed E-state index contributed by atoms with van der Waals surface area (Å²) in [6.07, 6.45) is -1.83. The standard InChI is InChI=1S/C17H16F3N3O3/c1-3-9-21-14(24)22(10-4-2)16(26)23(15(21)25)11-12-5-7-13(8-6-12)17(18,19)20/h3-8H,1-2,9-11H2. The van der Waals surface area contributed by atoms with Crippen LogP contribution in [0.1, 0.15) is 11.1 Å². The summed E-state index contributed by atoms with van der Waals surface area (Å²) in [5, 5.41) is 0. The fourth-order valence-corrected chi connectivity index (χ4v) is 2.37. The molecule has 1 heterocycles. The number of nitrogens with zero attached hydrogens (tertiary/aromatic N) is 3. The minimum atomic E-state index is -4.48. The Hall–Kier alpha value is -3.10. The highest BCUT2D eigenvalue weighted by Crippen LogP contribution is 2.29. The molecule has 0 unspecified atom stereocenters. The van der Waals surface area contributed by atoms with E-state index in [4.69, 9.17) is 0 Å². The van der Waals surface area contributed by atoms with Gasteiger partial charge in [-0.05, 0) is 17.7 Å². The first-order chi connectivity index (χ1) is 12.2. The average molecular weight is 367 g/mol. The van der Waals surface area contributed by atoms with Crippen LogP contribution in [0.3, 0.4) is 0 Å². The topological polar surface area (TPSA) is 66.0 Å². The van der Waals surface area contributed by atoms with Crippen LogP contribution in [-0.2, 0) is 25.8 Å². The number of hydrogen-bond acceptors (Lipinski definition) is 3. The number of allylic oxidation sites excluding steroid dienone is 2. The van der Waals surface area contributed by atoms with Crippen molar-refractivity contribution in [1.82, 2.24) is 13.7 Å². The monoisotopic (exact) mass is 367 g/mol. The predicted molar refractivity (Wildman–Crippen MR) is 90.2 cm³/mol. The van der Waals surface area contributed by atoms with E-state index in [0.717, 1.165) is 25.8 Å². The third-order valence-electron chi connectivity index (χ3n) is 3.63. The van der Waals surface area contributed by atoms with Gasteiger partial charge in [-0.25, -0.2) is 28.1 Å². The van der Waals surface area contributed by atoms with Crippen LogP contribution in [0.15, 0.2) is 64.0 Å². The van der Waals surface area contributed by atoms with Gasteiger partial charge in [-0.2, -0.15) is 13.2 Å². The van der Waals surface area contributed by atoms with Gasteiger partial charge in [0.1, 0.15) is 0 Å². The zero-order valence-corrected chi connectivity index (χ0v) is 13.7. The predicted octanol–water partition coefficient (Wildman–Crippen LogP) is 1.61. The first kappa shape index (κ1) is 19.2. The van der Waals surface area contributed by atoms with Crippen molar-refractivity contribution in [2.45, 2.75) is 25.8 Å². The van der Waals surface area contributed by atoms with Crippen molar-refractivity contribution in [2.75, 3.05) is 0 Å². The number of aromatic nitrogens is 3. The van der Waals surface area contributed by atoms with Gasteiger partial charge >= 0.3 is 23.2 Å². The van der Waals surface area contributed by atoms with Crippen LogP contribution in [0.25, 0.3) is 0 Å². The Kier molecular flexibility index (Phi) is 5.49. The Morgan fingerprint density at radius 2 is 1.23 bits per heavy atom. The molecule has 9 heteroatoms. The van der Waals surface area contributed by atoms with Crippen LogP contribution < -0.4 is 17.1 Å². The molecule has 26 heavy (non-hydrogen) atoms. The molecule has 0 aliphatic rings. The van der Waals surface area contributed by atoms with Crippen molar-refractivity contribution in [3.63, 3.8) is 0 Å². The molecule has 0 amide bonds. The van der Waals surface area contributed by atoms with E-state index < -0.39 is 28.8 Å². The van der Waals surface area contributed by atoms with E-state index in [0.29, 0.717) is 5.56 Å². The highest BCUT2D eigenvalue weighted by atomic mass is 19.4. The smallest absolute Gasteiger partial charge is 0.247 e.